The number of nitrogens with zero attached hydrogens (tertiary/aromatic N) is 1. The molecule has 0 spiro atoms. The Kier molecular flexibility index (Phi) is 2.63. The molecule has 0 radical (unpaired) electrons. The fraction of sp³-hybridized carbons (Fsp3) is 0.462. The topological polar surface area (TPSA) is 70.0 Å². The number of ether oxygens (including phenoxy) is 1. The Hall–Kier alpha value is -1.75. The minimum atomic E-state index is -0.201. The maximum absolute atomic E-state index is 12.3. The van der Waals surface area contributed by atoms with Crippen LogP contribution in [0.1, 0.15) is 23.2 Å². The van der Waals surface area contributed by atoms with E-state index in [9.17, 15) is 15.0 Å². The van der Waals surface area contributed by atoms with Gasteiger partial charge in [0.05, 0.1) is 17.8 Å². The second-order valence-electron chi connectivity index (χ2n) is 4.87. The number of aromatic hydroxyl groups is 2. The largest absolute Gasteiger partial charge is 0.508 e. The van der Waals surface area contributed by atoms with Crippen molar-refractivity contribution in [3.63, 3.8) is 0 Å². The first-order chi connectivity index (χ1) is 8.63. The van der Waals surface area contributed by atoms with Crippen molar-refractivity contribution in [2.75, 3.05) is 13.1 Å². The zero-order valence-electron chi connectivity index (χ0n) is 9.87. The lowest BCUT2D eigenvalue weighted by atomic mass is 10.1. The van der Waals surface area contributed by atoms with Crippen LogP contribution in [0, 0.1) is 0 Å². The van der Waals surface area contributed by atoms with Crippen molar-refractivity contribution in [1.82, 2.24) is 4.90 Å². The minimum Gasteiger partial charge on any atom is -0.508 e. The molecule has 2 N–H and O–H groups in total. The van der Waals surface area contributed by atoms with Crippen molar-refractivity contribution in [2.24, 2.45) is 0 Å². The van der Waals surface area contributed by atoms with E-state index in [4.69, 9.17) is 4.74 Å². The fourth-order valence-corrected chi connectivity index (χ4v) is 2.65. The van der Waals surface area contributed by atoms with Gasteiger partial charge < -0.3 is 19.8 Å². The van der Waals surface area contributed by atoms with Gasteiger partial charge in [-0.3, -0.25) is 4.79 Å². The summed E-state index contributed by atoms with van der Waals surface area (Å²) in [7, 11) is 0. The number of benzene rings is 1. The molecule has 0 aromatic heterocycles. The summed E-state index contributed by atoms with van der Waals surface area (Å²) in [6.07, 6.45) is 2.25. The third-order valence-electron chi connectivity index (χ3n) is 3.54. The average Bonchev–Trinajstić information content (AvgIpc) is 2.67. The molecule has 96 valence electrons. The number of amides is 1. The van der Waals surface area contributed by atoms with Crippen LogP contribution in [0.5, 0.6) is 11.5 Å². The number of likely N-dealkylation sites (tertiary alicyclic amines) is 1. The van der Waals surface area contributed by atoms with E-state index >= 15 is 0 Å². The van der Waals surface area contributed by atoms with E-state index in [1.165, 1.54) is 18.2 Å². The zero-order chi connectivity index (χ0) is 12.7. The van der Waals surface area contributed by atoms with Gasteiger partial charge in [-0.2, -0.15) is 0 Å². The van der Waals surface area contributed by atoms with E-state index in [1.807, 2.05) is 0 Å². The molecule has 2 saturated heterocycles. The molecule has 5 nitrogen and oxygen atoms in total. The van der Waals surface area contributed by atoms with Crippen LogP contribution in [0.2, 0.25) is 0 Å². The monoisotopic (exact) mass is 249 g/mol. The molecule has 2 atom stereocenters. The quantitative estimate of drug-likeness (QED) is 0.782. The molecule has 5 heteroatoms. The van der Waals surface area contributed by atoms with Crippen molar-refractivity contribution < 1.29 is 19.7 Å². The molecule has 1 aromatic rings. The van der Waals surface area contributed by atoms with Crippen molar-refractivity contribution in [3.05, 3.63) is 23.8 Å². The molecular weight excluding hydrogens is 234 g/mol. The summed E-state index contributed by atoms with van der Waals surface area (Å²) >= 11 is 0. The average molecular weight is 249 g/mol. The molecule has 3 rings (SSSR count). The highest BCUT2D eigenvalue weighted by atomic mass is 16.5. The van der Waals surface area contributed by atoms with Gasteiger partial charge in [-0.1, -0.05) is 0 Å². The second kappa shape index (κ2) is 4.17. The van der Waals surface area contributed by atoms with E-state index in [0.29, 0.717) is 13.1 Å². The molecule has 1 aromatic carbocycles. The molecule has 2 aliphatic rings. The lowest BCUT2D eigenvalue weighted by molar-refractivity contribution is -0.0304. The number of carbonyl (C=O) groups is 1. The highest BCUT2D eigenvalue weighted by molar-refractivity contribution is 5.97. The van der Waals surface area contributed by atoms with Crippen molar-refractivity contribution in [3.8, 4) is 11.5 Å². The maximum atomic E-state index is 12.3. The first kappa shape index (κ1) is 11.3. The first-order valence-electron chi connectivity index (χ1n) is 6.10. The number of hydrogen-bond donors (Lipinski definition) is 2. The third-order valence-corrected chi connectivity index (χ3v) is 3.54. The molecule has 2 heterocycles. The number of carbonyl (C=O) groups excluding carboxylic acids is 1. The van der Waals surface area contributed by atoms with Gasteiger partial charge in [0.2, 0.25) is 0 Å². The standard InChI is InChI=1S/C13H15NO4/c15-8-1-4-11(12(16)5-8)13(17)14-6-9-2-3-10(7-14)18-9/h1,4-5,9-10,15-16H,2-3,6-7H2. The SMILES string of the molecule is O=C(c1ccc(O)cc1O)N1CC2CCC(C1)O2. The van der Waals surface area contributed by atoms with Crippen LogP contribution in [0.25, 0.3) is 0 Å². The summed E-state index contributed by atoms with van der Waals surface area (Å²) in [6.45, 7) is 1.16. The maximum Gasteiger partial charge on any atom is 0.257 e. The summed E-state index contributed by atoms with van der Waals surface area (Å²) < 4.78 is 5.67. The van der Waals surface area contributed by atoms with E-state index in [1.54, 1.807) is 4.90 Å². The molecule has 2 aliphatic heterocycles. The van der Waals surface area contributed by atoms with Gasteiger partial charge in [0.1, 0.15) is 11.5 Å². The third kappa shape index (κ3) is 1.90. The van der Waals surface area contributed by atoms with Crippen molar-refractivity contribution >= 4 is 5.91 Å². The molecule has 2 bridgehead atoms. The van der Waals surface area contributed by atoms with Crippen LogP contribution in [0.3, 0.4) is 0 Å². The molecular formula is C13H15NO4. The summed E-state index contributed by atoms with van der Waals surface area (Å²) in [4.78, 5) is 14.0. The first-order valence-corrected chi connectivity index (χ1v) is 6.10. The predicted molar refractivity (Wildman–Crippen MR) is 63.6 cm³/mol. The van der Waals surface area contributed by atoms with Gasteiger partial charge in [-0.05, 0) is 25.0 Å². The van der Waals surface area contributed by atoms with Gasteiger partial charge in [0, 0.05) is 19.2 Å². The van der Waals surface area contributed by atoms with E-state index in [0.717, 1.165) is 12.8 Å². The van der Waals surface area contributed by atoms with Gasteiger partial charge in [0.15, 0.2) is 0 Å². The normalized spacial score (nSPS) is 26.3. The van der Waals surface area contributed by atoms with E-state index in [-0.39, 0.29) is 35.2 Å². The van der Waals surface area contributed by atoms with E-state index < -0.39 is 0 Å². The number of fused-ring (bicyclic) bond motifs is 2. The van der Waals surface area contributed by atoms with Crippen LogP contribution in [-0.4, -0.2) is 46.3 Å². The number of phenols is 2. The van der Waals surface area contributed by atoms with Gasteiger partial charge >= 0.3 is 0 Å². The highest BCUT2D eigenvalue weighted by Gasteiger charge is 2.36. The van der Waals surface area contributed by atoms with Crippen LogP contribution < -0.4 is 0 Å². The van der Waals surface area contributed by atoms with Crippen LogP contribution in [0.15, 0.2) is 18.2 Å². The Morgan fingerprint density at radius 3 is 2.50 bits per heavy atom. The Labute approximate surface area is 105 Å². The van der Waals surface area contributed by atoms with Crippen LogP contribution in [-0.2, 0) is 4.74 Å². The Bertz CT molecular complexity index is 476. The van der Waals surface area contributed by atoms with E-state index in [2.05, 4.69) is 0 Å². The molecule has 18 heavy (non-hydrogen) atoms. The van der Waals surface area contributed by atoms with Gasteiger partial charge in [0.25, 0.3) is 5.91 Å². The molecule has 2 fully saturated rings. The molecule has 0 aliphatic carbocycles. The predicted octanol–water partition coefficient (Wildman–Crippen LogP) is 1.10. The number of morpholine rings is 1. The number of hydrogen-bond acceptors (Lipinski definition) is 4. The second-order valence-corrected chi connectivity index (χ2v) is 4.87. The fourth-order valence-electron chi connectivity index (χ4n) is 2.65. The number of phenolic OH excluding ortho intramolecular Hbond substituents is 2. The molecule has 1 amide bonds. The summed E-state index contributed by atoms with van der Waals surface area (Å²) in [5.41, 5.74) is 0.231. The summed E-state index contributed by atoms with van der Waals surface area (Å²) in [6, 6.07) is 4.04. The van der Waals surface area contributed by atoms with Gasteiger partial charge in [-0.15, -0.1) is 0 Å². The van der Waals surface area contributed by atoms with Crippen LogP contribution in [0.4, 0.5) is 0 Å². The van der Waals surface area contributed by atoms with Crippen LogP contribution >= 0.6 is 0 Å². The van der Waals surface area contributed by atoms with Crippen molar-refractivity contribution in [2.45, 2.75) is 25.0 Å². The minimum absolute atomic E-state index is 0.0499. The van der Waals surface area contributed by atoms with Crippen molar-refractivity contribution in [1.29, 1.82) is 0 Å². The Morgan fingerprint density at radius 2 is 1.89 bits per heavy atom. The lowest BCUT2D eigenvalue weighted by Gasteiger charge is -2.32. The Balaban J connectivity index is 1.82. The highest BCUT2D eigenvalue weighted by Crippen LogP contribution is 2.29. The summed E-state index contributed by atoms with van der Waals surface area (Å²) in [5.74, 6) is -0.433. The zero-order valence-corrected chi connectivity index (χ0v) is 9.87. The number of rotatable bonds is 1. The molecule has 2 unspecified atom stereocenters. The van der Waals surface area contributed by atoms with Gasteiger partial charge in [-0.25, -0.2) is 0 Å². The Morgan fingerprint density at radius 1 is 1.22 bits per heavy atom. The smallest absolute Gasteiger partial charge is 0.257 e. The molecule has 0 saturated carbocycles. The lowest BCUT2D eigenvalue weighted by Crippen LogP contribution is -2.45. The summed E-state index contributed by atoms with van der Waals surface area (Å²) in [5, 5.41) is 18.9.